The summed E-state index contributed by atoms with van der Waals surface area (Å²) >= 11 is 0. The molecule has 116 valence electrons. The molecule has 0 spiro atoms. The number of aryl methyl sites for hydroxylation is 1. The number of ether oxygens (including phenoxy) is 1. The van der Waals surface area contributed by atoms with Crippen molar-refractivity contribution in [3.05, 3.63) is 65.0 Å². The lowest BCUT2D eigenvalue weighted by Gasteiger charge is -2.21. The number of nitrogens with one attached hydrogen (secondary N) is 1. The van der Waals surface area contributed by atoms with Gasteiger partial charge in [-0.25, -0.2) is 4.39 Å². The van der Waals surface area contributed by atoms with Gasteiger partial charge in [0.15, 0.2) is 0 Å². The summed E-state index contributed by atoms with van der Waals surface area (Å²) in [5.74, 6) is 1.49. The molecular weight excluding hydrogens is 277 g/mol. The standard InChI is InChI=1S/C19H22FNO/c1-13-11-16(7-10-18(13)20)19(21-12-14-3-4-14)15-5-8-17(22-2)9-6-15/h5-11,14,19,21H,3-4,12H2,1-2H3. The number of methoxy groups -OCH3 is 1. The SMILES string of the molecule is COc1ccc(C(NCC2CC2)c2ccc(F)c(C)c2)cc1. The van der Waals surface area contributed by atoms with Gasteiger partial charge < -0.3 is 10.1 Å². The maximum absolute atomic E-state index is 13.6. The topological polar surface area (TPSA) is 21.3 Å². The summed E-state index contributed by atoms with van der Waals surface area (Å²) in [6.07, 6.45) is 2.62. The monoisotopic (exact) mass is 299 g/mol. The Labute approximate surface area is 131 Å². The molecule has 22 heavy (non-hydrogen) atoms. The number of rotatable bonds is 6. The van der Waals surface area contributed by atoms with E-state index < -0.39 is 0 Å². The lowest BCUT2D eigenvalue weighted by atomic mass is 9.97. The summed E-state index contributed by atoms with van der Waals surface area (Å²) in [6, 6.07) is 13.5. The van der Waals surface area contributed by atoms with E-state index in [1.54, 1.807) is 13.2 Å². The highest BCUT2D eigenvalue weighted by atomic mass is 19.1. The second-order valence-electron chi connectivity index (χ2n) is 6.07. The molecule has 2 nitrogen and oxygen atoms in total. The minimum Gasteiger partial charge on any atom is -0.497 e. The van der Waals surface area contributed by atoms with E-state index >= 15 is 0 Å². The Morgan fingerprint density at radius 2 is 1.82 bits per heavy atom. The average Bonchev–Trinajstić information content (AvgIpc) is 3.36. The van der Waals surface area contributed by atoms with E-state index in [-0.39, 0.29) is 11.9 Å². The molecule has 3 heteroatoms. The molecule has 0 radical (unpaired) electrons. The Kier molecular flexibility index (Phi) is 4.44. The van der Waals surface area contributed by atoms with Crippen LogP contribution in [0.15, 0.2) is 42.5 Å². The van der Waals surface area contributed by atoms with Crippen molar-refractivity contribution in [1.29, 1.82) is 0 Å². The maximum atomic E-state index is 13.6. The summed E-state index contributed by atoms with van der Waals surface area (Å²) in [7, 11) is 1.67. The molecule has 0 aliphatic heterocycles. The first-order chi connectivity index (χ1) is 10.7. The number of hydrogen-bond donors (Lipinski definition) is 1. The second kappa shape index (κ2) is 6.49. The van der Waals surface area contributed by atoms with Crippen LogP contribution < -0.4 is 10.1 Å². The van der Waals surface area contributed by atoms with E-state index in [2.05, 4.69) is 17.4 Å². The van der Waals surface area contributed by atoms with Crippen molar-refractivity contribution >= 4 is 0 Å². The van der Waals surface area contributed by atoms with Gasteiger partial charge in [-0.15, -0.1) is 0 Å². The van der Waals surface area contributed by atoms with E-state index in [0.717, 1.165) is 23.8 Å². The highest BCUT2D eigenvalue weighted by Crippen LogP contribution is 2.31. The quantitative estimate of drug-likeness (QED) is 0.862. The van der Waals surface area contributed by atoms with Crippen molar-refractivity contribution in [3.8, 4) is 5.75 Å². The van der Waals surface area contributed by atoms with Gasteiger partial charge in [-0.1, -0.05) is 24.3 Å². The highest BCUT2D eigenvalue weighted by Gasteiger charge is 2.23. The first-order valence-corrected chi connectivity index (χ1v) is 7.81. The van der Waals surface area contributed by atoms with Gasteiger partial charge in [-0.2, -0.15) is 0 Å². The lowest BCUT2D eigenvalue weighted by molar-refractivity contribution is 0.414. The third-order valence-electron chi connectivity index (χ3n) is 4.27. The van der Waals surface area contributed by atoms with Gasteiger partial charge in [0.25, 0.3) is 0 Å². The van der Waals surface area contributed by atoms with Gasteiger partial charge >= 0.3 is 0 Å². The molecule has 0 bridgehead atoms. The third-order valence-corrected chi connectivity index (χ3v) is 4.27. The van der Waals surface area contributed by atoms with Crippen molar-refractivity contribution in [2.24, 2.45) is 5.92 Å². The van der Waals surface area contributed by atoms with Crippen LogP contribution in [0.3, 0.4) is 0 Å². The molecule has 2 aromatic carbocycles. The summed E-state index contributed by atoms with van der Waals surface area (Å²) < 4.78 is 18.8. The molecule has 1 fully saturated rings. The van der Waals surface area contributed by atoms with Crippen LogP contribution in [0.25, 0.3) is 0 Å². The molecule has 1 atom stereocenters. The van der Waals surface area contributed by atoms with Crippen LogP contribution in [-0.4, -0.2) is 13.7 Å². The molecule has 0 aromatic heterocycles. The van der Waals surface area contributed by atoms with E-state index in [4.69, 9.17) is 4.74 Å². The molecule has 2 aromatic rings. The van der Waals surface area contributed by atoms with Crippen LogP contribution in [0.1, 0.15) is 35.6 Å². The molecule has 1 aliphatic rings. The Morgan fingerprint density at radius 3 is 2.41 bits per heavy atom. The normalized spacial score (nSPS) is 15.6. The highest BCUT2D eigenvalue weighted by molar-refractivity contribution is 5.37. The van der Waals surface area contributed by atoms with Gasteiger partial charge in [0.2, 0.25) is 0 Å². The fourth-order valence-corrected chi connectivity index (χ4v) is 2.68. The maximum Gasteiger partial charge on any atom is 0.126 e. The van der Waals surface area contributed by atoms with E-state index in [1.165, 1.54) is 18.4 Å². The molecule has 0 saturated heterocycles. The summed E-state index contributed by atoms with van der Waals surface area (Å²) in [4.78, 5) is 0. The largest absolute Gasteiger partial charge is 0.497 e. The minimum absolute atomic E-state index is 0.0887. The van der Waals surface area contributed by atoms with Crippen LogP contribution in [0, 0.1) is 18.7 Å². The zero-order chi connectivity index (χ0) is 15.5. The van der Waals surface area contributed by atoms with Crippen LogP contribution >= 0.6 is 0 Å². The van der Waals surface area contributed by atoms with Gasteiger partial charge in [0, 0.05) is 0 Å². The van der Waals surface area contributed by atoms with Crippen molar-refractivity contribution in [3.63, 3.8) is 0 Å². The Hall–Kier alpha value is -1.87. The summed E-state index contributed by atoms with van der Waals surface area (Å²) in [6.45, 7) is 2.82. The molecule has 0 amide bonds. The Bertz CT molecular complexity index is 634. The molecule has 1 saturated carbocycles. The predicted octanol–water partition coefficient (Wildman–Crippen LogP) is 4.23. The van der Waals surface area contributed by atoms with Crippen LogP contribution in [-0.2, 0) is 0 Å². The van der Waals surface area contributed by atoms with Gasteiger partial charge in [-0.3, -0.25) is 0 Å². The average molecular weight is 299 g/mol. The van der Waals surface area contributed by atoms with Crippen molar-refractivity contribution in [2.45, 2.75) is 25.8 Å². The lowest BCUT2D eigenvalue weighted by Crippen LogP contribution is -2.24. The first-order valence-electron chi connectivity index (χ1n) is 7.81. The molecule has 0 heterocycles. The smallest absolute Gasteiger partial charge is 0.126 e. The molecule has 1 unspecified atom stereocenters. The van der Waals surface area contributed by atoms with Crippen LogP contribution in [0.2, 0.25) is 0 Å². The summed E-state index contributed by atoms with van der Waals surface area (Å²) in [5.41, 5.74) is 2.96. The van der Waals surface area contributed by atoms with E-state index in [1.807, 2.05) is 31.2 Å². The molecule has 1 N–H and O–H groups in total. The predicted molar refractivity (Wildman–Crippen MR) is 86.7 cm³/mol. The second-order valence-corrected chi connectivity index (χ2v) is 6.07. The van der Waals surface area contributed by atoms with Gasteiger partial charge in [-0.05, 0) is 67.1 Å². The summed E-state index contributed by atoms with van der Waals surface area (Å²) in [5, 5.41) is 3.64. The minimum atomic E-state index is -0.153. The Balaban J connectivity index is 1.88. The van der Waals surface area contributed by atoms with E-state index in [0.29, 0.717) is 5.56 Å². The van der Waals surface area contributed by atoms with Gasteiger partial charge in [0.1, 0.15) is 11.6 Å². The number of benzene rings is 2. The number of hydrogen-bond acceptors (Lipinski definition) is 2. The van der Waals surface area contributed by atoms with Crippen molar-refractivity contribution in [1.82, 2.24) is 5.32 Å². The number of halogens is 1. The van der Waals surface area contributed by atoms with E-state index in [9.17, 15) is 4.39 Å². The fourth-order valence-electron chi connectivity index (χ4n) is 2.68. The molecular formula is C19H22FNO. The van der Waals surface area contributed by atoms with Crippen LogP contribution in [0.5, 0.6) is 5.75 Å². The van der Waals surface area contributed by atoms with Gasteiger partial charge in [0.05, 0.1) is 13.2 Å². The zero-order valence-corrected chi connectivity index (χ0v) is 13.1. The Morgan fingerprint density at radius 1 is 1.14 bits per heavy atom. The first kappa shape index (κ1) is 15.0. The van der Waals surface area contributed by atoms with Crippen LogP contribution in [0.4, 0.5) is 4.39 Å². The third kappa shape index (κ3) is 3.47. The molecule has 1 aliphatic carbocycles. The zero-order valence-electron chi connectivity index (χ0n) is 13.1. The fraction of sp³-hybridized carbons (Fsp3) is 0.368. The van der Waals surface area contributed by atoms with Crippen molar-refractivity contribution < 1.29 is 9.13 Å². The molecule has 3 rings (SSSR count). The van der Waals surface area contributed by atoms with Crippen molar-refractivity contribution in [2.75, 3.05) is 13.7 Å².